The maximum atomic E-state index is 12.1. The molecule has 3 rings (SSSR count). The van der Waals surface area contributed by atoms with E-state index >= 15 is 0 Å². The molecule has 0 radical (unpaired) electrons. The number of carbonyl (C=O) groups excluding carboxylic acids is 1. The Morgan fingerprint density at radius 2 is 2.13 bits per heavy atom. The van der Waals surface area contributed by atoms with Crippen molar-refractivity contribution in [3.63, 3.8) is 0 Å². The van der Waals surface area contributed by atoms with Gasteiger partial charge in [-0.05, 0) is 11.6 Å². The molecule has 0 aliphatic carbocycles. The van der Waals surface area contributed by atoms with E-state index in [4.69, 9.17) is 25.8 Å². The Kier molecular flexibility index (Phi) is 4.94. The van der Waals surface area contributed by atoms with Crippen molar-refractivity contribution in [3.05, 3.63) is 22.7 Å². The highest BCUT2D eigenvalue weighted by Crippen LogP contribution is 2.37. The van der Waals surface area contributed by atoms with Crippen LogP contribution in [-0.2, 0) is 16.1 Å². The van der Waals surface area contributed by atoms with Crippen molar-refractivity contribution >= 4 is 17.5 Å². The van der Waals surface area contributed by atoms with E-state index in [0.717, 1.165) is 12.1 Å². The van der Waals surface area contributed by atoms with Crippen molar-refractivity contribution in [2.75, 3.05) is 40.5 Å². The molecule has 6 nitrogen and oxygen atoms in total. The fraction of sp³-hybridized carbons (Fsp3) is 0.562. The Morgan fingerprint density at radius 1 is 1.30 bits per heavy atom. The SMILES string of the molecule is COc1ccc(CN2C[C@H]3COC[C@@H](C2)C(=O)N3)c(Cl)c1OC. The average molecular weight is 341 g/mol. The number of methoxy groups -OCH3 is 2. The van der Waals surface area contributed by atoms with Gasteiger partial charge in [0.25, 0.3) is 0 Å². The minimum atomic E-state index is -0.138. The molecule has 126 valence electrons. The third-order valence-corrected chi connectivity index (χ3v) is 4.69. The predicted octanol–water partition coefficient (Wildman–Crippen LogP) is 1.30. The molecule has 2 aliphatic heterocycles. The molecule has 7 heteroatoms. The van der Waals surface area contributed by atoms with Crippen LogP contribution in [0.25, 0.3) is 0 Å². The van der Waals surface area contributed by atoms with E-state index in [1.807, 2.05) is 12.1 Å². The van der Waals surface area contributed by atoms with Crippen molar-refractivity contribution in [2.24, 2.45) is 5.92 Å². The van der Waals surface area contributed by atoms with Crippen LogP contribution in [0.3, 0.4) is 0 Å². The lowest BCUT2D eigenvalue weighted by molar-refractivity contribution is -0.125. The number of ether oxygens (including phenoxy) is 3. The zero-order chi connectivity index (χ0) is 16.4. The van der Waals surface area contributed by atoms with Crippen LogP contribution in [-0.4, -0.2) is 57.4 Å². The number of hydrogen-bond donors (Lipinski definition) is 1. The summed E-state index contributed by atoms with van der Waals surface area (Å²) in [6.07, 6.45) is 0. The number of nitrogens with one attached hydrogen (secondary N) is 1. The summed E-state index contributed by atoms with van der Waals surface area (Å²) >= 11 is 6.46. The highest BCUT2D eigenvalue weighted by Gasteiger charge is 2.33. The molecule has 0 spiro atoms. The first-order valence-corrected chi connectivity index (χ1v) is 8.00. The molecule has 2 bridgehead atoms. The summed E-state index contributed by atoms with van der Waals surface area (Å²) in [6, 6.07) is 3.82. The second kappa shape index (κ2) is 6.95. The lowest BCUT2D eigenvalue weighted by Gasteiger charge is -2.28. The molecule has 1 amide bonds. The Morgan fingerprint density at radius 3 is 2.87 bits per heavy atom. The lowest BCUT2D eigenvalue weighted by Crippen LogP contribution is -2.41. The molecule has 1 aromatic rings. The van der Waals surface area contributed by atoms with Crippen LogP contribution in [0.15, 0.2) is 12.1 Å². The Hall–Kier alpha value is -1.50. The van der Waals surface area contributed by atoms with E-state index in [0.29, 0.717) is 42.8 Å². The van der Waals surface area contributed by atoms with Gasteiger partial charge in [0.1, 0.15) is 0 Å². The van der Waals surface area contributed by atoms with Crippen molar-refractivity contribution in [2.45, 2.75) is 12.6 Å². The highest BCUT2D eigenvalue weighted by molar-refractivity contribution is 6.33. The van der Waals surface area contributed by atoms with E-state index in [-0.39, 0.29) is 17.9 Å². The fourth-order valence-corrected chi connectivity index (χ4v) is 3.44. The molecular formula is C16H21ClN2O4. The summed E-state index contributed by atoms with van der Waals surface area (Å²) < 4.78 is 16.2. The minimum absolute atomic E-state index is 0.0221. The number of fused-ring (bicyclic) bond motifs is 3. The van der Waals surface area contributed by atoms with E-state index in [9.17, 15) is 4.79 Å². The second-order valence-electron chi connectivity index (χ2n) is 5.91. The third kappa shape index (κ3) is 3.39. The Balaban J connectivity index is 1.80. The normalized spacial score (nSPS) is 24.7. The van der Waals surface area contributed by atoms with Crippen molar-refractivity contribution in [1.82, 2.24) is 10.2 Å². The summed E-state index contributed by atoms with van der Waals surface area (Å²) in [5, 5.41) is 3.58. The quantitative estimate of drug-likeness (QED) is 0.895. The van der Waals surface area contributed by atoms with E-state index in [1.165, 1.54) is 0 Å². The predicted molar refractivity (Wildman–Crippen MR) is 86.1 cm³/mol. The maximum absolute atomic E-state index is 12.1. The van der Waals surface area contributed by atoms with E-state index < -0.39 is 0 Å². The first kappa shape index (κ1) is 16.4. The number of amides is 1. The summed E-state index contributed by atoms with van der Waals surface area (Å²) in [5.41, 5.74) is 0.956. The van der Waals surface area contributed by atoms with Gasteiger partial charge in [-0.25, -0.2) is 0 Å². The van der Waals surface area contributed by atoms with Gasteiger partial charge in [0.05, 0.1) is 44.4 Å². The monoisotopic (exact) mass is 340 g/mol. The van der Waals surface area contributed by atoms with Gasteiger partial charge in [-0.2, -0.15) is 0 Å². The Bertz CT molecular complexity index is 596. The van der Waals surface area contributed by atoms with Gasteiger partial charge in [-0.3, -0.25) is 9.69 Å². The number of rotatable bonds is 4. The number of nitrogens with zero attached hydrogens (tertiary/aromatic N) is 1. The molecule has 0 aromatic heterocycles. The van der Waals surface area contributed by atoms with Crippen LogP contribution in [0, 0.1) is 5.92 Å². The zero-order valence-corrected chi connectivity index (χ0v) is 14.1. The molecule has 2 atom stereocenters. The van der Waals surface area contributed by atoms with Crippen LogP contribution >= 0.6 is 11.6 Å². The van der Waals surface area contributed by atoms with E-state index in [1.54, 1.807) is 14.2 Å². The maximum Gasteiger partial charge on any atom is 0.227 e. The van der Waals surface area contributed by atoms with Gasteiger partial charge in [0.2, 0.25) is 5.91 Å². The fourth-order valence-electron chi connectivity index (χ4n) is 3.14. The largest absolute Gasteiger partial charge is 0.493 e. The summed E-state index contributed by atoms with van der Waals surface area (Å²) in [4.78, 5) is 14.3. The summed E-state index contributed by atoms with van der Waals surface area (Å²) in [6.45, 7) is 3.08. The smallest absolute Gasteiger partial charge is 0.227 e. The lowest BCUT2D eigenvalue weighted by atomic mass is 10.1. The van der Waals surface area contributed by atoms with Gasteiger partial charge in [-0.1, -0.05) is 17.7 Å². The second-order valence-corrected chi connectivity index (χ2v) is 6.29. The first-order chi connectivity index (χ1) is 11.1. The molecule has 1 aromatic carbocycles. The molecule has 2 saturated heterocycles. The van der Waals surface area contributed by atoms with Crippen molar-refractivity contribution < 1.29 is 19.0 Å². The van der Waals surface area contributed by atoms with E-state index in [2.05, 4.69) is 10.2 Å². The average Bonchev–Trinajstić information content (AvgIpc) is 2.77. The molecule has 2 heterocycles. The van der Waals surface area contributed by atoms with Gasteiger partial charge in [0.15, 0.2) is 11.5 Å². The van der Waals surface area contributed by atoms with Gasteiger partial charge in [0, 0.05) is 19.6 Å². The zero-order valence-electron chi connectivity index (χ0n) is 13.3. The highest BCUT2D eigenvalue weighted by atomic mass is 35.5. The summed E-state index contributed by atoms with van der Waals surface area (Å²) in [5.74, 6) is 1.09. The molecule has 23 heavy (non-hydrogen) atoms. The van der Waals surface area contributed by atoms with Crippen LogP contribution in [0.4, 0.5) is 0 Å². The van der Waals surface area contributed by atoms with Crippen LogP contribution in [0.2, 0.25) is 5.02 Å². The van der Waals surface area contributed by atoms with Gasteiger partial charge < -0.3 is 19.5 Å². The van der Waals surface area contributed by atoms with Crippen LogP contribution < -0.4 is 14.8 Å². The minimum Gasteiger partial charge on any atom is -0.493 e. The van der Waals surface area contributed by atoms with Gasteiger partial charge >= 0.3 is 0 Å². The molecule has 0 saturated carbocycles. The van der Waals surface area contributed by atoms with Crippen LogP contribution in [0.5, 0.6) is 11.5 Å². The number of hydrogen-bond acceptors (Lipinski definition) is 5. The number of halogens is 1. The number of carbonyl (C=O) groups is 1. The third-order valence-electron chi connectivity index (χ3n) is 4.27. The van der Waals surface area contributed by atoms with Crippen molar-refractivity contribution in [1.29, 1.82) is 0 Å². The van der Waals surface area contributed by atoms with Crippen molar-refractivity contribution in [3.8, 4) is 11.5 Å². The standard InChI is InChI=1S/C16H21ClN2O4/c1-21-13-4-3-10(14(17)15(13)22-2)5-19-6-11-8-23-9-12(7-19)18-16(11)20/h3-4,11-12H,5-9H2,1-2H3,(H,18,20)/t11-,12+/m1/s1. The summed E-state index contributed by atoms with van der Waals surface area (Å²) in [7, 11) is 3.16. The number of benzene rings is 1. The molecule has 1 N–H and O–H groups in total. The Labute approximate surface area is 140 Å². The molecule has 2 aliphatic rings. The molecule has 0 unspecified atom stereocenters. The van der Waals surface area contributed by atoms with Gasteiger partial charge in [-0.15, -0.1) is 0 Å². The molecular weight excluding hydrogens is 320 g/mol. The topological polar surface area (TPSA) is 60.0 Å². The first-order valence-electron chi connectivity index (χ1n) is 7.62. The van der Waals surface area contributed by atoms with Crippen LogP contribution in [0.1, 0.15) is 5.56 Å². The molecule has 2 fully saturated rings.